The minimum Gasteiger partial charge on any atom is -0.544 e. The van der Waals surface area contributed by atoms with E-state index in [1.54, 1.807) is 21.1 Å². The lowest BCUT2D eigenvalue weighted by atomic mass is 10.0. The number of aliphatic carboxylic acids is 1. The molecular weight excluding hydrogens is 654 g/mol. The van der Waals surface area contributed by atoms with Crippen molar-refractivity contribution >= 4 is 17.9 Å². The second kappa shape index (κ2) is 36.1. The molecule has 52 heavy (non-hydrogen) atoms. The third-order valence-corrected chi connectivity index (χ3v) is 9.90. The maximum Gasteiger partial charge on any atom is 0.306 e. The summed E-state index contributed by atoms with van der Waals surface area (Å²) in [5, 5.41) is 11.6. The molecule has 0 rings (SSSR count). The van der Waals surface area contributed by atoms with Crippen LogP contribution in [-0.4, -0.2) is 75.5 Å². The molecule has 0 saturated carbocycles. The van der Waals surface area contributed by atoms with Crippen molar-refractivity contribution in [3.05, 3.63) is 12.2 Å². The first-order chi connectivity index (χ1) is 25.1. The Bertz CT molecular complexity index is 869. The van der Waals surface area contributed by atoms with Gasteiger partial charge in [0.1, 0.15) is 12.6 Å². The van der Waals surface area contributed by atoms with Gasteiger partial charge < -0.3 is 28.6 Å². The fraction of sp³-hybridized carbons (Fsp3) is 0.886. The summed E-state index contributed by atoms with van der Waals surface area (Å²) in [5.74, 6) is -1.74. The standard InChI is InChI=1S/C44H83NO7/c1-6-8-10-12-14-16-18-20-22-24-26-28-30-32-34-42(46)51-39-40(38-50-37-36-41(44(48)49)45(3,4)5)52-43(47)35-33-31-29-27-25-23-21-19-17-15-13-11-9-7-2/h23,25,40-41H,6-22,24,26-39H2,1-5H3/b25-23+. The normalized spacial score (nSPS) is 13.0. The van der Waals surface area contributed by atoms with Crippen LogP contribution in [0.3, 0.4) is 0 Å². The summed E-state index contributed by atoms with van der Waals surface area (Å²) in [4.78, 5) is 36.8. The van der Waals surface area contributed by atoms with Crippen LogP contribution in [0.5, 0.6) is 0 Å². The second-order valence-corrected chi connectivity index (χ2v) is 15.9. The highest BCUT2D eigenvalue weighted by atomic mass is 16.6. The summed E-state index contributed by atoms with van der Waals surface area (Å²) in [6.45, 7) is 4.66. The Balaban J connectivity index is 4.36. The van der Waals surface area contributed by atoms with Crippen molar-refractivity contribution in [3.8, 4) is 0 Å². The van der Waals surface area contributed by atoms with E-state index >= 15 is 0 Å². The van der Waals surface area contributed by atoms with Gasteiger partial charge in [0.25, 0.3) is 0 Å². The molecule has 0 aromatic carbocycles. The monoisotopic (exact) mass is 738 g/mol. The molecule has 8 nitrogen and oxygen atoms in total. The average Bonchev–Trinajstić information content (AvgIpc) is 3.09. The van der Waals surface area contributed by atoms with Crippen LogP contribution in [0.4, 0.5) is 0 Å². The molecule has 2 atom stereocenters. The summed E-state index contributed by atoms with van der Waals surface area (Å²) < 4.78 is 17.1. The Morgan fingerprint density at radius 2 is 0.962 bits per heavy atom. The predicted molar refractivity (Wildman–Crippen MR) is 213 cm³/mol. The number of quaternary nitrogens is 1. The van der Waals surface area contributed by atoms with Gasteiger partial charge in [-0.1, -0.05) is 154 Å². The van der Waals surface area contributed by atoms with E-state index in [4.69, 9.17) is 14.2 Å². The minimum absolute atomic E-state index is 0.0400. The van der Waals surface area contributed by atoms with Crippen LogP contribution < -0.4 is 5.11 Å². The van der Waals surface area contributed by atoms with Gasteiger partial charge >= 0.3 is 11.9 Å². The molecule has 0 bridgehead atoms. The first-order valence-electron chi connectivity index (χ1n) is 21.7. The number of allylic oxidation sites excluding steroid dienone is 2. The number of hydrogen-bond acceptors (Lipinski definition) is 7. The van der Waals surface area contributed by atoms with E-state index < -0.39 is 18.1 Å². The third kappa shape index (κ3) is 33.9. The molecule has 0 spiro atoms. The number of carboxylic acids is 1. The van der Waals surface area contributed by atoms with Crippen LogP contribution in [0, 0.1) is 0 Å². The number of esters is 2. The van der Waals surface area contributed by atoms with E-state index in [1.807, 2.05) is 0 Å². The van der Waals surface area contributed by atoms with Crippen molar-refractivity contribution in [1.82, 2.24) is 0 Å². The molecule has 306 valence electrons. The largest absolute Gasteiger partial charge is 0.544 e. The van der Waals surface area contributed by atoms with E-state index in [-0.39, 0.29) is 42.7 Å². The maximum atomic E-state index is 12.7. The van der Waals surface area contributed by atoms with Crippen LogP contribution in [0.15, 0.2) is 12.2 Å². The zero-order valence-electron chi connectivity index (χ0n) is 34.7. The average molecular weight is 738 g/mol. The number of hydrogen-bond donors (Lipinski definition) is 0. The van der Waals surface area contributed by atoms with Crippen molar-refractivity contribution in [1.29, 1.82) is 0 Å². The van der Waals surface area contributed by atoms with E-state index in [1.165, 1.54) is 116 Å². The smallest absolute Gasteiger partial charge is 0.306 e. The van der Waals surface area contributed by atoms with Gasteiger partial charge in [-0.25, -0.2) is 0 Å². The molecule has 0 aliphatic rings. The zero-order valence-corrected chi connectivity index (χ0v) is 34.7. The molecule has 0 aliphatic carbocycles. The van der Waals surface area contributed by atoms with E-state index in [2.05, 4.69) is 26.0 Å². The van der Waals surface area contributed by atoms with Gasteiger partial charge in [0.05, 0.1) is 40.3 Å². The summed E-state index contributed by atoms with van der Waals surface area (Å²) in [7, 11) is 5.41. The molecule has 0 fully saturated rings. The number of unbranched alkanes of at least 4 members (excludes halogenated alkanes) is 23. The highest BCUT2D eigenvalue weighted by molar-refractivity contribution is 5.70. The highest BCUT2D eigenvalue weighted by Crippen LogP contribution is 2.15. The molecular formula is C44H83NO7. The third-order valence-electron chi connectivity index (χ3n) is 9.90. The van der Waals surface area contributed by atoms with Crippen molar-refractivity contribution in [2.24, 2.45) is 0 Å². The minimum atomic E-state index is -1.12. The lowest BCUT2D eigenvalue weighted by Gasteiger charge is -2.34. The van der Waals surface area contributed by atoms with E-state index in [0.29, 0.717) is 12.8 Å². The molecule has 0 amide bonds. The number of likely N-dealkylation sites (N-methyl/N-ethyl adjacent to an activating group) is 1. The topological polar surface area (TPSA) is 102 Å². The van der Waals surface area contributed by atoms with Crippen LogP contribution in [0.1, 0.15) is 200 Å². The van der Waals surface area contributed by atoms with Gasteiger partial charge in [-0.3, -0.25) is 9.59 Å². The molecule has 2 unspecified atom stereocenters. The van der Waals surface area contributed by atoms with Crippen LogP contribution in [0.25, 0.3) is 0 Å². The molecule has 0 aliphatic heterocycles. The molecule has 0 heterocycles. The molecule has 0 aromatic rings. The quantitative estimate of drug-likeness (QED) is 0.0268. The lowest BCUT2D eigenvalue weighted by molar-refractivity contribution is -0.889. The Hall–Kier alpha value is -1.93. The first-order valence-corrected chi connectivity index (χ1v) is 21.7. The van der Waals surface area contributed by atoms with Gasteiger partial charge in [0, 0.05) is 19.3 Å². The Labute approximate surface area is 320 Å². The number of carbonyl (C=O) groups is 3. The molecule has 8 heteroatoms. The fourth-order valence-corrected chi connectivity index (χ4v) is 6.48. The Morgan fingerprint density at radius 3 is 1.40 bits per heavy atom. The fourth-order valence-electron chi connectivity index (χ4n) is 6.48. The predicted octanol–water partition coefficient (Wildman–Crippen LogP) is 10.2. The molecule has 0 N–H and O–H groups in total. The molecule has 0 saturated heterocycles. The number of carbonyl (C=O) groups excluding carboxylic acids is 3. The zero-order chi connectivity index (χ0) is 38.5. The SMILES string of the molecule is CCCCCCCCC/C=C/CCCCCC(=O)OC(COCCC(C(=O)[O-])[N+](C)(C)C)COC(=O)CCCCCCCCCCCCCCCC. The Kier molecular flexibility index (Phi) is 34.7. The van der Waals surface area contributed by atoms with E-state index in [9.17, 15) is 19.5 Å². The number of rotatable bonds is 39. The summed E-state index contributed by atoms with van der Waals surface area (Å²) >= 11 is 0. The summed E-state index contributed by atoms with van der Waals surface area (Å²) in [6, 6.07) is -0.723. The second-order valence-electron chi connectivity index (χ2n) is 15.9. The highest BCUT2D eigenvalue weighted by Gasteiger charge is 2.25. The lowest BCUT2D eigenvalue weighted by Crippen LogP contribution is -2.55. The number of carboxylic acid groups (broad SMARTS) is 1. The van der Waals surface area contributed by atoms with Crippen molar-refractivity contribution < 1.29 is 38.2 Å². The summed E-state index contributed by atoms with van der Waals surface area (Å²) in [6.07, 6.45) is 36.6. The first kappa shape index (κ1) is 50.1. The van der Waals surface area contributed by atoms with E-state index in [0.717, 1.165) is 51.4 Å². The van der Waals surface area contributed by atoms with Gasteiger partial charge in [-0.05, 0) is 38.5 Å². The molecule has 0 aromatic heterocycles. The van der Waals surface area contributed by atoms with Gasteiger partial charge in [-0.15, -0.1) is 0 Å². The number of nitrogens with zero attached hydrogens (tertiary/aromatic N) is 1. The number of ether oxygens (including phenoxy) is 3. The van der Waals surface area contributed by atoms with Crippen molar-refractivity contribution in [2.75, 3.05) is 41.0 Å². The van der Waals surface area contributed by atoms with Crippen LogP contribution in [-0.2, 0) is 28.6 Å². The van der Waals surface area contributed by atoms with Gasteiger partial charge in [0.2, 0.25) is 0 Å². The van der Waals surface area contributed by atoms with Crippen molar-refractivity contribution in [3.63, 3.8) is 0 Å². The molecule has 0 radical (unpaired) electrons. The van der Waals surface area contributed by atoms with Gasteiger partial charge in [-0.2, -0.15) is 0 Å². The van der Waals surface area contributed by atoms with Crippen LogP contribution >= 0.6 is 0 Å². The Morgan fingerprint density at radius 1 is 0.558 bits per heavy atom. The summed E-state index contributed by atoms with van der Waals surface area (Å²) in [5.41, 5.74) is 0. The van der Waals surface area contributed by atoms with Gasteiger partial charge in [0.15, 0.2) is 6.10 Å². The maximum absolute atomic E-state index is 12.7. The van der Waals surface area contributed by atoms with Crippen molar-refractivity contribution in [2.45, 2.75) is 212 Å². The van der Waals surface area contributed by atoms with Crippen LogP contribution in [0.2, 0.25) is 0 Å².